The zero-order valence-electron chi connectivity index (χ0n) is 11.4. The molecule has 2 unspecified atom stereocenters. The summed E-state index contributed by atoms with van der Waals surface area (Å²) >= 11 is 0. The van der Waals surface area contributed by atoms with Crippen LogP contribution in [0.15, 0.2) is 35.5 Å². The summed E-state index contributed by atoms with van der Waals surface area (Å²) in [7, 11) is 0. The number of oxime groups is 1. The molecule has 1 aliphatic rings. The van der Waals surface area contributed by atoms with Gasteiger partial charge in [-0.1, -0.05) is 35.5 Å². The Labute approximate surface area is 117 Å². The van der Waals surface area contributed by atoms with Crippen LogP contribution in [-0.4, -0.2) is 45.6 Å². The van der Waals surface area contributed by atoms with Gasteiger partial charge < -0.3 is 20.9 Å². The molecule has 1 saturated heterocycles. The van der Waals surface area contributed by atoms with Crippen molar-refractivity contribution in [1.29, 1.82) is 0 Å². The van der Waals surface area contributed by atoms with Crippen molar-refractivity contribution in [3.8, 4) is 0 Å². The smallest absolute Gasteiger partial charge is 0.237 e. The van der Waals surface area contributed by atoms with Crippen molar-refractivity contribution >= 4 is 11.7 Å². The van der Waals surface area contributed by atoms with Gasteiger partial charge in [0.2, 0.25) is 5.91 Å². The van der Waals surface area contributed by atoms with Crippen LogP contribution in [0.4, 0.5) is 0 Å². The third kappa shape index (κ3) is 2.91. The Hall–Kier alpha value is -2.08. The summed E-state index contributed by atoms with van der Waals surface area (Å²) in [6.07, 6.45) is 0.524. The van der Waals surface area contributed by atoms with E-state index in [-0.39, 0.29) is 18.3 Å². The van der Waals surface area contributed by atoms with E-state index >= 15 is 0 Å². The third-order valence-corrected chi connectivity index (χ3v) is 3.55. The molecule has 1 aromatic carbocycles. The molecule has 6 nitrogen and oxygen atoms in total. The molecule has 1 aliphatic heterocycles. The molecule has 0 aromatic heterocycles. The minimum absolute atomic E-state index is 0.146. The average Bonchev–Trinajstić information content (AvgIpc) is 2.80. The van der Waals surface area contributed by atoms with Gasteiger partial charge in [0.05, 0.1) is 5.60 Å². The van der Waals surface area contributed by atoms with Gasteiger partial charge in [0.1, 0.15) is 5.92 Å². The SMILES string of the molecule is CC1(O)CCN(C(=O)C(/C(N)=N/O)c2ccccc2)C1. The molecule has 1 heterocycles. The van der Waals surface area contributed by atoms with E-state index in [4.69, 9.17) is 10.9 Å². The van der Waals surface area contributed by atoms with Crippen LogP contribution in [0.2, 0.25) is 0 Å². The fourth-order valence-electron chi connectivity index (χ4n) is 2.46. The van der Waals surface area contributed by atoms with E-state index in [9.17, 15) is 9.90 Å². The number of amidine groups is 1. The molecule has 0 bridgehead atoms. The number of carbonyl (C=O) groups excluding carboxylic acids is 1. The van der Waals surface area contributed by atoms with Crippen LogP contribution in [0.25, 0.3) is 0 Å². The predicted molar refractivity (Wildman–Crippen MR) is 74.4 cm³/mol. The summed E-state index contributed by atoms with van der Waals surface area (Å²) < 4.78 is 0. The molecule has 0 saturated carbocycles. The van der Waals surface area contributed by atoms with Gasteiger partial charge in [-0.25, -0.2) is 0 Å². The number of amides is 1. The van der Waals surface area contributed by atoms with Gasteiger partial charge in [-0.3, -0.25) is 4.79 Å². The number of rotatable bonds is 3. The van der Waals surface area contributed by atoms with Crippen molar-refractivity contribution < 1.29 is 15.1 Å². The zero-order valence-corrected chi connectivity index (χ0v) is 11.4. The predicted octanol–water partition coefficient (Wildman–Crippen LogP) is 0.500. The summed E-state index contributed by atoms with van der Waals surface area (Å²) in [5.41, 5.74) is 5.47. The molecule has 1 fully saturated rings. The van der Waals surface area contributed by atoms with Gasteiger partial charge in [-0.05, 0) is 18.9 Å². The summed E-state index contributed by atoms with van der Waals surface area (Å²) in [5, 5.41) is 21.8. The maximum absolute atomic E-state index is 12.6. The number of hydrogen-bond acceptors (Lipinski definition) is 4. The Morgan fingerprint density at radius 2 is 2.10 bits per heavy atom. The zero-order chi connectivity index (χ0) is 14.8. The van der Waals surface area contributed by atoms with Crippen LogP contribution in [0, 0.1) is 0 Å². The Kier molecular flexibility index (Phi) is 3.94. The van der Waals surface area contributed by atoms with Crippen LogP contribution in [0.5, 0.6) is 0 Å². The molecular weight excluding hydrogens is 258 g/mol. The number of carbonyl (C=O) groups is 1. The lowest BCUT2D eigenvalue weighted by Gasteiger charge is -2.24. The van der Waals surface area contributed by atoms with Crippen LogP contribution >= 0.6 is 0 Å². The Morgan fingerprint density at radius 3 is 2.60 bits per heavy atom. The number of nitrogens with zero attached hydrogens (tertiary/aromatic N) is 2. The highest BCUT2D eigenvalue weighted by Gasteiger charge is 2.38. The number of hydrogen-bond donors (Lipinski definition) is 3. The molecule has 1 aromatic rings. The maximum Gasteiger partial charge on any atom is 0.237 e. The molecule has 20 heavy (non-hydrogen) atoms. The molecule has 108 valence electrons. The quantitative estimate of drug-likeness (QED) is 0.324. The minimum Gasteiger partial charge on any atom is -0.409 e. The summed E-state index contributed by atoms with van der Waals surface area (Å²) in [5.74, 6) is -1.23. The highest BCUT2D eigenvalue weighted by atomic mass is 16.4. The molecule has 0 aliphatic carbocycles. The van der Waals surface area contributed by atoms with E-state index in [0.29, 0.717) is 18.5 Å². The fraction of sp³-hybridized carbons (Fsp3) is 0.429. The van der Waals surface area contributed by atoms with Crippen molar-refractivity contribution in [2.75, 3.05) is 13.1 Å². The van der Waals surface area contributed by atoms with Gasteiger partial charge in [-0.2, -0.15) is 0 Å². The van der Waals surface area contributed by atoms with Crippen molar-refractivity contribution in [3.05, 3.63) is 35.9 Å². The molecule has 6 heteroatoms. The number of benzene rings is 1. The number of β-amino-alcohol motifs (C(OH)–C–C–N with tert-alkyl or cyclic N) is 1. The molecular formula is C14H19N3O3. The molecule has 2 rings (SSSR count). The molecule has 4 N–H and O–H groups in total. The number of nitrogens with two attached hydrogens (primary N) is 1. The van der Waals surface area contributed by atoms with Crippen LogP contribution in [0.1, 0.15) is 24.8 Å². The summed E-state index contributed by atoms with van der Waals surface area (Å²) in [6, 6.07) is 8.93. The van der Waals surface area contributed by atoms with Gasteiger partial charge in [0.25, 0.3) is 0 Å². The lowest BCUT2D eigenvalue weighted by atomic mass is 9.96. The van der Waals surface area contributed by atoms with E-state index in [0.717, 1.165) is 0 Å². The summed E-state index contributed by atoms with van der Waals surface area (Å²) in [6.45, 7) is 2.42. The lowest BCUT2D eigenvalue weighted by molar-refractivity contribution is -0.131. The molecule has 0 radical (unpaired) electrons. The largest absolute Gasteiger partial charge is 0.409 e. The van der Waals surface area contributed by atoms with Crippen LogP contribution in [-0.2, 0) is 4.79 Å². The standard InChI is InChI=1S/C14H19N3O3/c1-14(19)7-8-17(9-14)13(18)11(12(15)16-20)10-5-3-2-4-6-10/h2-6,11,19-20H,7-9H2,1H3,(H2,15,16). The lowest BCUT2D eigenvalue weighted by Crippen LogP contribution is -2.41. The second-order valence-electron chi connectivity index (χ2n) is 5.38. The second kappa shape index (κ2) is 5.50. The Morgan fingerprint density at radius 1 is 1.45 bits per heavy atom. The van der Waals surface area contributed by atoms with Gasteiger partial charge in [0.15, 0.2) is 5.84 Å². The first-order valence-electron chi connectivity index (χ1n) is 6.48. The third-order valence-electron chi connectivity index (χ3n) is 3.55. The fourth-order valence-corrected chi connectivity index (χ4v) is 2.46. The topological polar surface area (TPSA) is 99.2 Å². The van der Waals surface area contributed by atoms with Crippen molar-refractivity contribution in [2.24, 2.45) is 10.9 Å². The summed E-state index contributed by atoms with van der Waals surface area (Å²) in [4.78, 5) is 14.1. The monoisotopic (exact) mass is 277 g/mol. The van der Waals surface area contributed by atoms with Crippen LogP contribution < -0.4 is 5.73 Å². The first-order valence-corrected chi connectivity index (χ1v) is 6.48. The normalized spacial score (nSPS) is 24.7. The van der Waals surface area contributed by atoms with E-state index in [1.807, 2.05) is 6.07 Å². The van der Waals surface area contributed by atoms with Crippen molar-refractivity contribution in [3.63, 3.8) is 0 Å². The Bertz CT molecular complexity index is 514. The second-order valence-corrected chi connectivity index (χ2v) is 5.38. The highest BCUT2D eigenvalue weighted by Crippen LogP contribution is 2.25. The maximum atomic E-state index is 12.6. The van der Waals surface area contributed by atoms with E-state index in [2.05, 4.69) is 5.16 Å². The van der Waals surface area contributed by atoms with Gasteiger partial charge >= 0.3 is 0 Å². The van der Waals surface area contributed by atoms with Crippen molar-refractivity contribution in [2.45, 2.75) is 24.9 Å². The van der Waals surface area contributed by atoms with Crippen molar-refractivity contribution in [1.82, 2.24) is 4.90 Å². The van der Waals surface area contributed by atoms with Gasteiger partial charge in [0, 0.05) is 13.1 Å². The van der Waals surface area contributed by atoms with Gasteiger partial charge in [-0.15, -0.1) is 0 Å². The molecule has 0 spiro atoms. The Balaban J connectivity index is 2.27. The van der Waals surface area contributed by atoms with E-state index in [1.165, 1.54) is 0 Å². The first-order chi connectivity index (χ1) is 9.44. The van der Waals surface area contributed by atoms with E-state index in [1.54, 1.807) is 36.1 Å². The number of likely N-dealkylation sites (tertiary alicyclic amines) is 1. The average molecular weight is 277 g/mol. The molecule has 2 atom stereocenters. The first kappa shape index (κ1) is 14.3. The number of aliphatic hydroxyl groups is 1. The molecule has 1 amide bonds. The highest BCUT2D eigenvalue weighted by molar-refractivity contribution is 6.07. The minimum atomic E-state index is -0.873. The van der Waals surface area contributed by atoms with E-state index < -0.39 is 11.5 Å². The van der Waals surface area contributed by atoms with Crippen LogP contribution in [0.3, 0.4) is 0 Å².